The molecule has 1 aliphatic rings. The molecule has 0 atom stereocenters. The number of methoxy groups -OCH3 is 1. The summed E-state index contributed by atoms with van der Waals surface area (Å²) >= 11 is 0. The van der Waals surface area contributed by atoms with E-state index in [-0.39, 0.29) is 0 Å². The third kappa shape index (κ3) is 1.92. The lowest BCUT2D eigenvalue weighted by Crippen LogP contribution is -2.05. The van der Waals surface area contributed by atoms with Crippen molar-refractivity contribution in [2.24, 2.45) is 0 Å². The SMILES string of the molecule is CCOc1cc(C2(O)CC2)ccc1OC. The summed E-state index contributed by atoms with van der Waals surface area (Å²) in [6, 6.07) is 5.61. The van der Waals surface area contributed by atoms with Crippen LogP contribution < -0.4 is 9.47 Å². The summed E-state index contributed by atoms with van der Waals surface area (Å²) in [6.07, 6.45) is 1.68. The van der Waals surface area contributed by atoms with Gasteiger partial charge in [0.05, 0.1) is 19.3 Å². The maximum absolute atomic E-state index is 9.96. The molecule has 3 heteroatoms. The second-order valence-corrected chi connectivity index (χ2v) is 3.83. The van der Waals surface area contributed by atoms with Crippen LogP contribution in [-0.4, -0.2) is 18.8 Å². The smallest absolute Gasteiger partial charge is 0.161 e. The highest BCUT2D eigenvalue weighted by Gasteiger charge is 2.42. The quantitative estimate of drug-likeness (QED) is 0.823. The zero-order valence-electron chi connectivity index (χ0n) is 9.12. The van der Waals surface area contributed by atoms with E-state index in [1.54, 1.807) is 7.11 Å². The highest BCUT2D eigenvalue weighted by atomic mass is 16.5. The van der Waals surface area contributed by atoms with Crippen LogP contribution in [0.5, 0.6) is 11.5 Å². The fourth-order valence-electron chi connectivity index (χ4n) is 1.64. The zero-order chi connectivity index (χ0) is 10.9. The Balaban J connectivity index is 2.32. The number of rotatable bonds is 4. The summed E-state index contributed by atoms with van der Waals surface area (Å²) < 4.78 is 10.6. The van der Waals surface area contributed by atoms with Gasteiger partial charge in [-0.05, 0) is 37.5 Å². The summed E-state index contributed by atoms with van der Waals surface area (Å²) in [5.74, 6) is 1.42. The molecule has 1 aliphatic carbocycles. The van der Waals surface area contributed by atoms with Gasteiger partial charge in [-0.15, -0.1) is 0 Å². The first-order valence-electron chi connectivity index (χ1n) is 5.23. The van der Waals surface area contributed by atoms with Crippen LogP contribution in [0.3, 0.4) is 0 Å². The molecule has 0 spiro atoms. The van der Waals surface area contributed by atoms with E-state index in [1.807, 2.05) is 25.1 Å². The van der Waals surface area contributed by atoms with Gasteiger partial charge in [-0.25, -0.2) is 0 Å². The van der Waals surface area contributed by atoms with Crippen LogP contribution >= 0.6 is 0 Å². The predicted molar refractivity (Wildman–Crippen MR) is 57.3 cm³/mol. The van der Waals surface area contributed by atoms with Gasteiger partial charge in [0.25, 0.3) is 0 Å². The first-order chi connectivity index (χ1) is 7.19. The molecule has 15 heavy (non-hydrogen) atoms. The second-order valence-electron chi connectivity index (χ2n) is 3.83. The molecule has 1 fully saturated rings. The van der Waals surface area contributed by atoms with Gasteiger partial charge in [0, 0.05) is 0 Å². The predicted octanol–water partition coefficient (Wildman–Crippen LogP) is 2.08. The molecule has 0 aromatic heterocycles. The van der Waals surface area contributed by atoms with Crippen molar-refractivity contribution in [3.8, 4) is 11.5 Å². The zero-order valence-corrected chi connectivity index (χ0v) is 9.12. The third-order valence-electron chi connectivity index (χ3n) is 2.72. The monoisotopic (exact) mass is 208 g/mol. The summed E-state index contributed by atoms with van der Waals surface area (Å²) in [7, 11) is 1.61. The number of aliphatic hydroxyl groups is 1. The van der Waals surface area contributed by atoms with Crippen molar-refractivity contribution in [2.45, 2.75) is 25.4 Å². The molecule has 0 bridgehead atoms. The normalized spacial score (nSPS) is 17.3. The third-order valence-corrected chi connectivity index (χ3v) is 2.72. The van der Waals surface area contributed by atoms with E-state index in [0.717, 1.165) is 18.4 Å². The van der Waals surface area contributed by atoms with E-state index in [1.165, 1.54) is 0 Å². The largest absolute Gasteiger partial charge is 0.493 e. The van der Waals surface area contributed by atoms with E-state index in [4.69, 9.17) is 9.47 Å². The molecule has 1 N–H and O–H groups in total. The Hall–Kier alpha value is -1.22. The highest BCUT2D eigenvalue weighted by Crippen LogP contribution is 2.47. The van der Waals surface area contributed by atoms with Gasteiger partial charge >= 0.3 is 0 Å². The fourth-order valence-corrected chi connectivity index (χ4v) is 1.64. The molecule has 3 nitrogen and oxygen atoms in total. The molecule has 0 radical (unpaired) electrons. The van der Waals surface area contributed by atoms with Crippen LogP contribution in [0.25, 0.3) is 0 Å². The van der Waals surface area contributed by atoms with Crippen molar-refractivity contribution in [3.05, 3.63) is 23.8 Å². The van der Waals surface area contributed by atoms with Crippen LogP contribution in [0.4, 0.5) is 0 Å². The summed E-state index contributed by atoms with van der Waals surface area (Å²) in [5.41, 5.74) is 0.310. The van der Waals surface area contributed by atoms with E-state index in [0.29, 0.717) is 18.1 Å². The lowest BCUT2D eigenvalue weighted by molar-refractivity contribution is 0.151. The van der Waals surface area contributed by atoms with E-state index in [9.17, 15) is 5.11 Å². The first-order valence-corrected chi connectivity index (χ1v) is 5.23. The Labute approximate surface area is 89.6 Å². The summed E-state index contributed by atoms with van der Waals surface area (Å²) in [5, 5.41) is 9.96. The summed E-state index contributed by atoms with van der Waals surface area (Å²) in [6.45, 7) is 2.52. The minimum Gasteiger partial charge on any atom is -0.493 e. The maximum atomic E-state index is 9.96. The minimum absolute atomic E-state index is 0.595. The van der Waals surface area contributed by atoms with Crippen molar-refractivity contribution >= 4 is 0 Å². The molecule has 0 amide bonds. The number of hydrogen-bond donors (Lipinski definition) is 1. The van der Waals surface area contributed by atoms with E-state index >= 15 is 0 Å². The van der Waals surface area contributed by atoms with Crippen LogP contribution in [0, 0.1) is 0 Å². The molecule has 2 rings (SSSR count). The van der Waals surface area contributed by atoms with E-state index in [2.05, 4.69) is 0 Å². The van der Waals surface area contributed by atoms with Crippen molar-refractivity contribution in [3.63, 3.8) is 0 Å². The minimum atomic E-state index is -0.613. The molecule has 0 saturated heterocycles. The van der Waals surface area contributed by atoms with Gasteiger partial charge in [0.15, 0.2) is 11.5 Å². The molecular formula is C12H16O3. The molecule has 0 unspecified atom stereocenters. The molecule has 1 aromatic rings. The van der Waals surface area contributed by atoms with Gasteiger partial charge in [-0.2, -0.15) is 0 Å². The lowest BCUT2D eigenvalue weighted by Gasteiger charge is -2.13. The van der Waals surface area contributed by atoms with Gasteiger partial charge in [-0.3, -0.25) is 0 Å². The fraction of sp³-hybridized carbons (Fsp3) is 0.500. The van der Waals surface area contributed by atoms with Crippen LogP contribution in [0.1, 0.15) is 25.3 Å². The molecular weight excluding hydrogens is 192 g/mol. The van der Waals surface area contributed by atoms with Crippen molar-refractivity contribution in [2.75, 3.05) is 13.7 Å². The Morgan fingerprint density at radius 1 is 1.33 bits per heavy atom. The van der Waals surface area contributed by atoms with Gasteiger partial charge in [0.1, 0.15) is 0 Å². The summed E-state index contributed by atoms with van der Waals surface area (Å²) in [4.78, 5) is 0. The molecule has 82 valence electrons. The molecule has 0 aliphatic heterocycles. The van der Waals surface area contributed by atoms with Crippen molar-refractivity contribution in [1.82, 2.24) is 0 Å². The second kappa shape index (κ2) is 3.74. The highest BCUT2D eigenvalue weighted by molar-refractivity contribution is 5.45. The Kier molecular flexibility index (Phi) is 2.57. The first kappa shape index (κ1) is 10.3. The molecule has 1 saturated carbocycles. The number of ether oxygens (including phenoxy) is 2. The number of benzene rings is 1. The van der Waals surface area contributed by atoms with Crippen LogP contribution in [0.2, 0.25) is 0 Å². The van der Waals surface area contributed by atoms with Crippen molar-refractivity contribution < 1.29 is 14.6 Å². The average molecular weight is 208 g/mol. The Morgan fingerprint density at radius 2 is 2.07 bits per heavy atom. The lowest BCUT2D eigenvalue weighted by atomic mass is 10.1. The average Bonchev–Trinajstić information content (AvgIpc) is 2.98. The Morgan fingerprint density at radius 3 is 2.60 bits per heavy atom. The van der Waals surface area contributed by atoms with Gasteiger partial charge < -0.3 is 14.6 Å². The topological polar surface area (TPSA) is 38.7 Å². The van der Waals surface area contributed by atoms with Crippen LogP contribution in [-0.2, 0) is 5.60 Å². The molecule has 1 aromatic carbocycles. The standard InChI is InChI=1S/C12H16O3/c1-3-15-11-8-9(12(13)6-7-12)4-5-10(11)14-2/h4-5,8,13H,3,6-7H2,1-2H3. The van der Waals surface area contributed by atoms with Gasteiger partial charge in [0.2, 0.25) is 0 Å². The molecule has 0 heterocycles. The van der Waals surface area contributed by atoms with E-state index < -0.39 is 5.60 Å². The maximum Gasteiger partial charge on any atom is 0.161 e. The van der Waals surface area contributed by atoms with Crippen molar-refractivity contribution in [1.29, 1.82) is 0 Å². The Bertz CT molecular complexity index is 356. The van der Waals surface area contributed by atoms with Crippen LogP contribution in [0.15, 0.2) is 18.2 Å². The van der Waals surface area contributed by atoms with Gasteiger partial charge in [-0.1, -0.05) is 6.07 Å². The number of hydrogen-bond acceptors (Lipinski definition) is 3.